The lowest BCUT2D eigenvalue weighted by molar-refractivity contribution is -0.133. The molecule has 2 N–H and O–H groups in total. The highest BCUT2D eigenvalue weighted by atomic mass is 35.5. The van der Waals surface area contributed by atoms with Crippen LogP contribution in [0.1, 0.15) is 50.2 Å². The zero-order valence-corrected chi connectivity index (χ0v) is 19.8. The number of ketones is 1. The van der Waals surface area contributed by atoms with E-state index in [1.165, 1.54) is 12.1 Å². The first kappa shape index (κ1) is 23.4. The van der Waals surface area contributed by atoms with E-state index in [1.807, 2.05) is 0 Å². The van der Waals surface area contributed by atoms with Crippen molar-refractivity contribution in [2.24, 2.45) is 5.41 Å². The molecular formula is C25H24Cl2FNO5. The van der Waals surface area contributed by atoms with Gasteiger partial charge in [0.15, 0.2) is 18.5 Å². The van der Waals surface area contributed by atoms with Gasteiger partial charge in [0.25, 0.3) is 5.91 Å². The molecule has 6 rings (SSSR count). The van der Waals surface area contributed by atoms with Crippen LogP contribution in [0.15, 0.2) is 36.4 Å². The molecule has 3 aliphatic carbocycles. The molecule has 2 bridgehead atoms. The molecule has 1 amide bonds. The van der Waals surface area contributed by atoms with E-state index in [0.717, 1.165) is 18.9 Å². The van der Waals surface area contributed by atoms with Crippen LogP contribution in [0.5, 0.6) is 11.5 Å². The molecule has 1 aliphatic heterocycles. The fourth-order valence-electron chi connectivity index (χ4n) is 5.75. The molecular weight excluding hydrogens is 484 g/mol. The maximum absolute atomic E-state index is 13.5. The Morgan fingerprint density at radius 2 is 1.97 bits per heavy atom. The molecule has 2 atom stereocenters. The molecule has 0 radical (unpaired) electrons. The largest absolute Gasteiger partial charge is 0.484 e. The van der Waals surface area contributed by atoms with Gasteiger partial charge in [0.2, 0.25) is 0 Å². The van der Waals surface area contributed by atoms with Crippen LogP contribution in [0, 0.1) is 11.2 Å². The minimum atomic E-state index is -0.800. The van der Waals surface area contributed by atoms with Crippen molar-refractivity contribution in [3.05, 3.63) is 57.8 Å². The standard InChI is InChI=1S/C25H24Cl2FNO5/c26-14-1-4-21-16(7-14)19(30)9-22(34-21)20(31)10-24-5-6-25(12-24,13-24)29-23(32)11-33-15-2-3-17(27)18(28)8-15/h1-4,7-8,19,22,30H,5-6,9-13H2,(H,29,32)/t19-,22+,24?,25?/m0/s1. The van der Waals surface area contributed by atoms with Crippen LogP contribution in [0.3, 0.4) is 0 Å². The van der Waals surface area contributed by atoms with Gasteiger partial charge in [-0.3, -0.25) is 9.59 Å². The van der Waals surface area contributed by atoms with E-state index in [4.69, 9.17) is 32.7 Å². The summed E-state index contributed by atoms with van der Waals surface area (Å²) < 4.78 is 24.8. The second kappa shape index (κ2) is 8.70. The minimum Gasteiger partial charge on any atom is -0.484 e. The van der Waals surface area contributed by atoms with E-state index in [0.29, 0.717) is 35.6 Å². The van der Waals surface area contributed by atoms with Crippen molar-refractivity contribution in [3.63, 3.8) is 0 Å². The van der Waals surface area contributed by atoms with Crippen molar-refractivity contribution >= 4 is 34.9 Å². The molecule has 2 aromatic rings. The van der Waals surface area contributed by atoms with Gasteiger partial charge < -0.3 is 19.9 Å². The summed E-state index contributed by atoms with van der Waals surface area (Å²) in [6, 6.07) is 9.03. The number of hydrogen-bond acceptors (Lipinski definition) is 5. The summed E-state index contributed by atoms with van der Waals surface area (Å²) >= 11 is 11.7. The molecule has 3 fully saturated rings. The summed E-state index contributed by atoms with van der Waals surface area (Å²) in [7, 11) is 0. The predicted molar refractivity (Wildman–Crippen MR) is 124 cm³/mol. The first-order valence-corrected chi connectivity index (χ1v) is 12.0. The smallest absolute Gasteiger partial charge is 0.258 e. The Kier molecular flexibility index (Phi) is 5.99. The van der Waals surface area contributed by atoms with Gasteiger partial charge in [-0.15, -0.1) is 0 Å². The third-order valence-electron chi connectivity index (χ3n) is 7.17. The Bertz CT molecular complexity index is 1150. The lowest BCUT2D eigenvalue weighted by atomic mass is 9.62. The molecule has 180 valence electrons. The number of aliphatic hydroxyl groups is 1. The average Bonchev–Trinajstić information content (AvgIpc) is 3.29. The number of aliphatic hydroxyl groups excluding tert-OH is 1. The van der Waals surface area contributed by atoms with Crippen LogP contribution >= 0.6 is 23.2 Å². The molecule has 0 aromatic heterocycles. The molecule has 0 unspecified atom stereocenters. The van der Waals surface area contributed by atoms with Gasteiger partial charge >= 0.3 is 0 Å². The van der Waals surface area contributed by atoms with Crippen molar-refractivity contribution in [1.29, 1.82) is 0 Å². The van der Waals surface area contributed by atoms with Crippen LogP contribution in [0.4, 0.5) is 4.39 Å². The zero-order chi connectivity index (χ0) is 24.1. The second-order valence-electron chi connectivity index (χ2n) is 9.73. The molecule has 0 spiro atoms. The number of Topliss-reactive ketones (excluding diaryl/α,β-unsaturated/α-hetero) is 1. The highest BCUT2D eigenvalue weighted by Crippen LogP contribution is 2.63. The van der Waals surface area contributed by atoms with Crippen LogP contribution in [-0.4, -0.2) is 35.0 Å². The summed E-state index contributed by atoms with van der Waals surface area (Å²) in [6.07, 6.45) is 2.12. The van der Waals surface area contributed by atoms with E-state index < -0.39 is 18.0 Å². The first-order valence-electron chi connectivity index (χ1n) is 11.2. The van der Waals surface area contributed by atoms with Crippen LogP contribution in [0.2, 0.25) is 10.0 Å². The van der Waals surface area contributed by atoms with Crippen molar-refractivity contribution in [3.8, 4) is 11.5 Å². The summed E-state index contributed by atoms with van der Waals surface area (Å²) in [5, 5.41) is 14.0. The van der Waals surface area contributed by atoms with Gasteiger partial charge in [0.1, 0.15) is 17.3 Å². The summed E-state index contributed by atoms with van der Waals surface area (Å²) in [6.45, 7) is -0.230. The van der Waals surface area contributed by atoms with Crippen molar-refractivity contribution in [2.75, 3.05) is 6.61 Å². The molecule has 4 aliphatic rings. The van der Waals surface area contributed by atoms with E-state index in [2.05, 4.69) is 5.32 Å². The first-order chi connectivity index (χ1) is 16.2. The van der Waals surface area contributed by atoms with Gasteiger partial charge in [-0.2, -0.15) is 0 Å². The lowest BCUT2D eigenvalue weighted by Gasteiger charge is -2.48. The molecule has 34 heavy (non-hydrogen) atoms. The highest BCUT2D eigenvalue weighted by Gasteiger charge is 2.62. The number of nitrogens with one attached hydrogen (secondary N) is 1. The number of hydrogen-bond donors (Lipinski definition) is 2. The third-order valence-corrected chi connectivity index (χ3v) is 7.71. The highest BCUT2D eigenvalue weighted by molar-refractivity contribution is 6.31. The zero-order valence-electron chi connectivity index (χ0n) is 18.3. The van der Waals surface area contributed by atoms with Gasteiger partial charge in [-0.25, -0.2) is 4.39 Å². The Balaban J connectivity index is 1.13. The normalized spacial score (nSPS) is 28.9. The number of carbonyl (C=O) groups is 2. The fourth-order valence-corrected chi connectivity index (χ4v) is 6.05. The van der Waals surface area contributed by atoms with E-state index in [9.17, 15) is 19.1 Å². The maximum atomic E-state index is 13.5. The van der Waals surface area contributed by atoms with E-state index in [-0.39, 0.29) is 46.4 Å². The topological polar surface area (TPSA) is 84.9 Å². The second-order valence-corrected chi connectivity index (χ2v) is 10.6. The average molecular weight is 508 g/mol. The minimum absolute atomic E-state index is 0.0104. The molecule has 1 heterocycles. The summed E-state index contributed by atoms with van der Waals surface area (Å²) in [5.74, 6) is -0.209. The number of carbonyl (C=O) groups excluding carboxylic acids is 2. The van der Waals surface area contributed by atoms with Gasteiger partial charge in [-0.05, 0) is 61.4 Å². The number of fused-ring (bicyclic) bond motifs is 2. The van der Waals surface area contributed by atoms with Crippen molar-refractivity contribution in [2.45, 2.75) is 56.3 Å². The Morgan fingerprint density at radius 3 is 2.74 bits per heavy atom. The number of benzene rings is 2. The van der Waals surface area contributed by atoms with Crippen molar-refractivity contribution in [1.82, 2.24) is 5.32 Å². The maximum Gasteiger partial charge on any atom is 0.258 e. The number of halogens is 3. The fraction of sp³-hybridized carbons (Fsp3) is 0.440. The number of amides is 1. The van der Waals surface area contributed by atoms with Gasteiger partial charge in [-0.1, -0.05) is 23.2 Å². The van der Waals surface area contributed by atoms with Gasteiger partial charge in [0, 0.05) is 35.0 Å². The SMILES string of the molecule is O=C(COc1ccc(Cl)c(F)c1)NC12CCC(CC(=O)[C@H]3C[C@H](O)c4cc(Cl)ccc4O3)(C1)C2. The van der Waals surface area contributed by atoms with Crippen LogP contribution in [-0.2, 0) is 9.59 Å². The van der Waals surface area contributed by atoms with E-state index in [1.54, 1.807) is 18.2 Å². The predicted octanol–water partition coefficient (Wildman–Crippen LogP) is 4.78. The molecule has 2 aromatic carbocycles. The molecule has 6 nitrogen and oxygen atoms in total. The summed E-state index contributed by atoms with van der Waals surface area (Å²) in [4.78, 5) is 25.5. The van der Waals surface area contributed by atoms with Crippen molar-refractivity contribution < 1.29 is 28.6 Å². The lowest BCUT2D eigenvalue weighted by Crippen LogP contribution is -2.57. The number of ether oxygens (including phenoxy) is 2. The van der Waals surface area contributed by atoms with Crippen LogP contribution in [0.25, 0.3) is 0 Å². The van der Waals surface area contributed by atoms with E-state index >= 15 is 0 Å². The van der Waals surface area contributed by atoms with Gasteiger partial charge in [0.05, 0.1) is 11.1 Å². The number of rotatable bonds is 7. The Labute approximate surface area is 206 Å². The molecule has 3 saturated carbocycles. The third kappa shape index (κ3) is 4.49. The monoisotopic (exact) mass is 507 g/mol. The van der Waals surface area contributed by atoms with Crippen LogP contribution < -0.4 is 14.8 Å². The Morgan fingerprint density at radius 1 is 1.18 bits per heavy atom. The quantitative estimate of drug-likeness (QED) is 0.562. The summed E-state index contributed by atoms with van der Waals surface area (Å²) in [5.41, 5.74) is 0.117. The Hall–Kier alpha value is -2.35. The molecule has 0 saturated heterocycles. The molecule has 9 heteroatoms.